The number of halogens is 1. The summed E-state index contributed by atoms with van der Waals surface area (Å²) in [4.78, 5) is 26.1. The third kappa shape index (κ3) is 5.76. The highest BCUT2D eigenvalue weighted by molar-refractivity contribution is 5.85. The number of carbonyl (C=O) groups excluding carboxylic acids is 2. The molecule has 0 aromatic rings. The molecule has 0 aromatic heterocycles. The zero-order valence-corrected chi connectivity index (χ0v) is 14.4. The van der Waals surface area contributed by atoms with Crippen molar-refractivity contribution >= 4 is 24.2 Å². The van der Waals surface area contributed by atoms with Crippen LogP contribution < -0.4 is 10.6 Å². The van der Waals surface area contributed by atoms with Crippen LogP contribution in [-0.4, -0.2) is 49.4 Å². The lowest BCUT2D eigenvalue weighted by atomic mass is 9.88. The van der Waals surface area contributed by atoms with Crippen LogP contribution in [0.25, 0.3) is 0 Å². The highest BCUT2D eigenvalue weighted by atomic mass is 35.5. The Kier molecular flexibility index (Phi) is 8.79. The molecule has 0 unspecified atom stereocenters. The lowest BCUT2D eigenvalue weighted by Gasteiger charge is -2.33. The number of rotatable bonds is 5. The van der Waals surface area contributed by atoms with E-state index in [1.54, 1.807) is 0 Å². The molecule has 0 atom stereocenters. The fourth-order valence-electron chi connectivity index (χ4n) is 3.35. The highest BCUT2D eigenvalue weighted by Gasteiger charge is 2.26. The average Bonchev–Trinajstić information content (AvgIpc) is 2.54. The Morgan fingerprint density at radius 3 is 2.27 bits per heavy atom. The number of hydrogen-bond donors (Lipinski definition) is 2. The van der Waals surface area contributed by atoms with Crippen molar-refractivity contribution in [1.82, 2.24) is 15.5 Å². The lowest BCUT2D eigenvalue weighted by Crippen LogP contribution is -2.48. The predicted molar refractivity (Wildman–Crippen MR) is 90.1 cm³/mol. The smallest absolute Gasteiger partial charge is 0.223 e. The fourth-order valence-corrected chi connectivity index (χ4v) is 3.35. The van der Waals surface area contributed by atoms with Crippen molar-refractivity contribution in [2.45, 2.75) is 57.4 Å². The Labute approximate surface area is 140 Å². The van der Waals surface area contributed by atoms with E-state index in [9.17, 15) is 9.59 Å². The van der Waals surface area contributed by atoms with Crippen LogP contribution in [0.15, 0.2) is 0 Å². The lowest BCUT2D eigenvalue weighted by molar-refractivity contribution is -0.132. The van der Waals surface area contributed by atoms with Gasteiger partial charge in [0, 0.05) is 38.0 Å². The van der Waals surface area contributed by atoms with Gasteiger partial charge in [-0.25, -0.2) is 0 Å². The van der Waals surface area contributed by atoms with Gasteiger partial charge in [0.15, 0.2) is 0 Å². The Morgan fingerprint density at radius 1 is 1.05 bits per heavy atom. The van der Waals surface area contributed by atoms with E-state index in [1.807, 2.05) is 11.9 Å². The molecule has 128 valence electrons. The molecule has 0 aromatic carbocycles. The predicted octanol–water partition coefficient (Wildman–Crippen LogP) is 1.71. The molecule has 5 nitrogen and oxygen atoms in total. The van der Waals surface area contributed by atoms with Gasteiger partial charge in [0.05, 0.1) is 0 Å². The van der Waals surface area contributed by atoms with E-state index in [1.165, 1.54) is 19.3 Å². The van der Waals surface area contributed by atoms with E-state index in [2.05, 4.69) is 10.6 Å². The molecule has 0 spiro atoms. The van der Waals surface area contributed by atoms with Gasteiger partial charge >= 0.3 is 0 Å². The van der Waals surface area contributed by atoms with Gasteiger partial charge in [-0.1, -0.05) is 19.3 Å². The summed E-state index contributed by atoms with van der Waals surface area (Å²) in [6.07, 6.45) is 8.10. The fraction of sp³-hybridized carbons (Fsp3) is 0.875. The minimum absolute atomic E-state index is 0. The van der Waals surface area contributed by atoms with Crippen LogP contribution >= 0.6 is 12.4 Å². The van der Waals surface area contributed by atoms with Crippen LogP contribution in [-0.2, 0) is 9.59 Å². The number of hydrogen-bond acceptors (Lipinski definition) is 3. The van der Waals surface area contributed by atoms with Crippen LogP contribution in [0.4, 0.5) is 0 Å². The molecular weight excluding hydrogens is 302 g/mol. The van der Waals surface area contributed by atoms with E-state index < -0.39 is 0 Å². The summed E-state index contributed by atoms with van der Waals surface area (Å²) in [6, 6.07) is 0.257. The Hall–Kier alpha value is -0.810. The Bertz CT molecular complexity index is 351. The van der Waals surface area contributed by atoms with E-state index >= 15 is 0 Å². The monoisotopic (exact) mass is 331 g/mol. The number of likely N-dealkylation sites (tertiary alicyclic amines) is 1. The van der Waals surface area contributed by atoms with Crippen molar-refractivity contribution in [2.24, 2.45) is 5.92 Å². The minimum Gasteiger partial charge on any atom is -0.353 e. The van der Waals surface area contributed by atoms with Crippen molar-refractivity contribution in [3.05, 3.63) is 0 Å². The maximum atomic E-state index is 12.2. The van der Waals surface area contributed by atoms with Crippen molar-refractivity contribution < 1.29 is 9.59 Å². The van der Waals surface area contributed by atoms with Crippen LogP contribution in [0.5, 0.6) is 0 Å². The molecule has 2 rings (SSSR count). The molecule has 6 heteroatoms. The topological polar surface area (TPSA) is 61.4 Å². The molecule has 1 heterocycles. The number of piperidine rings is 1. The number of amides is 2. The first-order chi connectivity index (χ1) is 10.2. The zero-order valence-electron chi connectivity index (χ0n) is 13.6. The summed E-state index contributed by atoms with van der Waals surface area (Å²) in [5, 5.41) is 6.21. The summed E-state index contributed by atoms with van der Waals surface area (Å²) in [5.74, 6) is 0.699. The van der Waals surface area contributed by atoms with E-state index in [0.29, 0.717) is 6.42 Å². The van der Waals surface area contributed by atoms with Gasteiger partial charge < -0.3 is 15.5 Å². The van der Waals surface area contributed by atoms with Gasteiger partial charge in [-0.05, 0) is 32.7 Å². The van der Waals surface area contributed by atoms with Crippen molar-refractivity contribution in [1.29, 1.82) is 0 Å². The second-order valence-corrected chi connectivity index (χ2v) is 6.35. The van der Waals surface area contributed by atoms with Gasteiger partial charge in [0.25, 0.3) is 0 Å². The highest BCUT2D eigenvalue weighted by Crippen LogP contribution is 2.24. The molecule has 2 N–H and O–H groups in total. The molecule has 22 heavy (non-hydrogen) atoms. The summed E-state index contributed by atoms with van der Waals surface area (Å²) < 4.78 is 0. The van der Waals surface area contributed by atoms with E-state index in [4.69, 9.17) is 0 Å². The Morgan fingerprint density at radius 2 is 1.68 bits per heavy atom. The molecule has 1 aliphatic heterocycles. The Balaban J connectivity index is 0.00000242. The quantitative estimate of drug-likeness (QED) is 0.806. The molecule has 0 radical (unpaired) electrons. The van der Waals surface area contributed by atoms with Crippen molar-refractivity contribution in [3.63, 3.8) is 0 Å². The largest absolute Gasteiger partial charge is 0.353 e. The first kappa shape index (κ1) is 19.2. The summed E-state index contributed by atoms with van der Waals surface area (Å²) in [7, 11) is 1.86. The van der Waals surface area contributed by atoms with Gasteiger partial charge in [-0.2, -0.15) is 0 Å². The summed E-state index contributed by atoms with van der Waals surface area (Å²) in [5.41, 5.74) is 0. The minimum atomic E-state index is 0. The molecule has 2 fully saturated rings. The maximum absolute atomic E-state index is 12.2. The summed E-state index contributed by atoms with van der Waals surface area (Å²) in [6.45, 7) is 2.29. The van der Waals surface area contributed by atoms with Crippen LogP contribution in [0.3, 0.4) is 0 Å². The maximum Gasteiger partial charge on any atom is 0.223 e. The van der Waals surface area contributed by atoms with Gasteiger partial charge in [0.2, 0.25) is 11.8 Å². The van der Waals surface area contributed by atoms with Crippen LogP contribution in [0, 0.1) is 5.92 Å². The average molecular weight is 332 g/mol. The molecule has 1 saturated heterocycles. The van der Waals surface area contributed by atoms with Gasteiger partial charge in [-0.15, -0.1) is 12.4 Å². The number of carbonyl (C=O) groups is 2. The zero-order chi connectivity index (χ0) is 15.1. The van der Waals surface area contributed by atoms with E-state index in [-0.39, 0.29) is 36.2 Å². The number of nitrogens with one attached hydrogen (secondary N) is 2. The third-order valence-corrected chi connectivity index (χ3v) is 4.76. The van der Waals surface area contributed by atoms with Gasteiger partial charge in [0.1, 0.15) is 0 Å². The second kappa shape index (κ2) is 10.1. The van der Waals surface area contributed by atoms with Crippen molar-refractivity contribution in [3.8, 4) is 0 Å². The van der Waals surface area contributed by atoms with Crippen LogP contribution in [0.2, 0.25) is 0 Å². The first-order valence-corrected chi connectivity index (χ1v) is 8.43. The number of nitrogens with zero attached hydrogens (tertiary/aromatic N) is 1. The molecular formula is C16H30ClN3O2. The molecule has 1 aliphatic carbocycles. The van der Waals surface area contributed by atoms with E-state index in [0.717, 1.165) is 45.3 Å². The van der Waals surface area contributed by atoms with Crippen LogP contribution in [0.1, 0.15) is 51.4 Å². The normalized spacial score (nSPS) is 20.3. The molecule has 1 saturated carbocycles. The van der Waals surface area contributed by atoms with Crippen molar-refractivity contribution in [2.75, 3.05) is 26.7 Å². The molecule has 2 amide bonds. The van der Waals surface area contributed by atoms with Gasteiger partial charge in [-0.3, -0.25) is 9.59 Å². The standard InChI is InChI=1S/C16H29N3O2.ClH/c1-17-10-7-15(20)19-11-8-14(9-12-19)18-16(21)13-5-3-2-4-6-13;/h13-14,17H,2-12H2,1H3,(H,18,21);1H. The SMILES string of the molecule is CNCCC(=O)N1CCC(NC(=O)C2CCCCC2)CC1.Cl. The molecule has 2 aliphatic rings. The molecule has 0 bridgehead atoms. The summed E-state index contributed by atoms with van der Waals surface area (Å²) >= 11 is 0. The second-order valence-electron chi connectivity index (χ2n) is 6.35. The third-order valence-electron chi connectivity index (χ3n) is 4.76. The first-order valence-electron chi connectivity index (χ1n) is 8.43.